The molecule has 0 spiro atoms. The van der Waals surface area contributed by atoms with Crippen molar-refractivity contribution in [3.8, 4) is 5.75 Å². The van der Waals surface area contributed by atoms with E-state index >= 15 is 0 Å². The number of alkyl halides is 3. The van der Waals surface area contributed by atoms with Gasteiger partial charge in [-0.2, -0.15) is 17.5 Å². The summed E-state index contributed by atoms with van der Waals surface area (Å²) in [5.74, 6) is -1.42. The molecule has 2 fully saturated rings. The Labute approximate surface area is 188 Å². The highest BCUT2D eigenvalue weighted by atomic mass is 32.2. The van der Waals surface area contributed by atoms with E-state index in [1.54, 1.807) is 0 Å². The molecule has 1 unspecified atom stereocenters. The summed E-state index contributed by atoms with van der Waals surface area (Å²) in [7, 11) is -4.02. The number of hydrogen-bond acceptors (Lipinski definition) is 7. The van der Waals surface area contributed by atoms with E-state index in [-0.39, 0.29) is 37.1 Å². The highest BCUT2D eigenvalue weighted by Crippen LogP contribution is 2.36. The van der Waals surface area contributed by atoms with Gasteiger partial charge in [-0.15, -0.1) is 0 Å². The zero-order valence-corrected chi connectivity index (χ0v) is 18.6. The van der Waals surface area contributed by atoms with Crippen LogP contribution in [0.3, 0.4) is 0 Å². The van der Waals surface area contributed by atoms with E-state index in [0.717, 1.165) is 22.5 Å². The van der Waals surface area contributed by atoms with E-state index in [1.807, 2.05) is 0 Å². The van der Waals surface area contributed by atoms with Crippen molar-refractivity contribution >= 4 is 21.6 Å². The predicted molar refractivity (Wildman–Crippen MR) is 108 cm³/mol. The summed E-state index contributed by atoms with van der Waals surface area (Å²) in [6, 6.07) is 2.28. The summed E-state index contributed by atoms with van der Waals surface area (Å²) in [5, 5.41) is 11.5. The van der Waals surface area contributed by atoms with Crippen molar-refractivity contribution in [3.63, 3.8) is 0 Å². The summed E-state index contributed by atoms with van der Waals surface area (Å²) in [4.78, 5) is 23.5. The number of halogens is 3. The molecule has 184 valence electrons. The minimum absolute atomic E-state index is 0.0321. The van der Waals surface area contributed by atoms with Crippen LogP contribution in [0, 0.1) is 16.0 Å². The molecule has 1 aromatic rings. The van der Waals surface area contributed by atoms with E-state index in [0.29, 0.717) is 17.7 Å². The number of morpholine rings is 1. The molecule has 3 rings (SSSR count). The average Bonchev–Trinajstić information content (AvgIpc) is 3.60. The molecule has 33 heavy (non-hydrogen) atoms. The average molecular weight is 495 g/mol. The quantitative estimate of drug-likeness (QED) is 0.381. The smallest absolute Gasteiger partial charge is 0.406 e. The maximum absolute atomic E-state index is 13.0. The number of carbonyl (C=O) groups is 1. The lowest BCUT2D eigenvalue weighted by Crippen LogP contribution is -2.47. The van der Waals surface area contributed by atoms with Crippen LogP contribution in [-0.4, -0.2) is 80.1 Å². The first kappa shape index (κ1) is 25.2. The SMILES string of the molecule is CC(C1CC1)N(CC(F)(F)F)C(=O)COc1ccc(S(=O)(=O)N2CCOCC2)cc1[N+](=O)[O-]. The number of ether oxygens (including phenoxy) is 2. The summed E-state index contributed by atoms with van der Waals surface area (Å²) in [6.07, 6.45) is -3.18. The number of hydrogen-bond donors (Lipinski definition) is 0. The molecule has 1 aliphatic carbocycles. The van der Waals surface area contributed by atoms with Crippen molar-refractivity contribution < 1.29 is 40.8 Å². The zero-order chi connectivity index (χ0) is 24.4. The largest absolute Gasteiger partial charge is 0.477 e. The van der Waals surface area contributed by atoms with Crippen LogP contribution in [0.5, 0.6) is 5.75 Å². The lowest BCUT2D eigenvalue weighted by Gasteiger charge is -2.30. The number of carbonyl (C=O) groups excluding carboxylic acids is 1. The Morgan fingerprint density at radius 1 is 1.33 bits per heavy atom. The van der Waals surface area contributed by atoms with Crippen molar-refractivity contribution in [2.24, 2.45) is 5.92 Å². The molecule has 1 saturated heterocycles. The molecule has 0 radical (unpaired) electrons. The van der Waals surface area contributed by atoms with Crippen LogP contribution < -0.4 is 4.74 Å². The van der Waals surface area contributed by atoms with Crippen LogP contribution in [-0.2, 0) is 19.6 Å². The second-order valence-electron chi connectivity index (χ2n) is 7.91. The standard InChI is InChI=1S/C19H24F3N3O7S/c1-13(14-2-3-14)24(12-19(20,21)22)18(26)11-32-17-5-4-15(10-16(17)25(27)28)33(29,30)23-6-8-31-9-7-23/h4-5,10,13-14H,2-3,6-9,11-12H2,1H3. The molecule has 1 amide bonds. The minimum Gasteiger partial charge on any atom is -0.477 e. The lowest BCUT2D eigenvalue weighted by molar-refractivity contribution is -0.386. The monoisotopic (exact) mass is 495 g/mol. The van der Waals surface area contributed by atoms with Crippen LogP contribution in [0.1, 0.15) is 19.8 Å². The molecular formula is C19H24F3N3O7S. The first-order valence-electron chi connectivity index (χ1n) is 10.3. The molecule has 0 N–H and O–H groups in total. The van der Waals surface area contributed by atoms with E-state index in [4.69, 9.17) is 9.47 Å². The summed E-state index contributed by atoms with van der Waals surface area (Å²) in [6.45, 7) is -0.213. The van der Waals surface area contributed by atoms with Gasteiger partial charge in [-0.3, -0.25) is 14.9 Å². The van der Waals surface area contributed by atoms with Crippen LogP contribution in [0.2, 0.25) is 0 Å². The third-order valence-corrected chi connectivity index (χ3v) is 7.45. The third kappa shape index (κ3) is 6.32. The number of nitrogens with zero attached hydrogens (tertiary/aromatic N) is 3. The predicted octanol–water partition coefficient (Wildman–Crippen LogP) is 2.18. The summed E-state index contributed by atoms with van der Waals surface area (Å²) < 4.78 is 75.8. The van der Waals surface area contributed by atoms with Gasteiger partial charge in [0.2, 0.25) is 10.0 Å². The van der Waals surface area contributed by atoms with Crippen molar-refractivity contribution in [1.29, 1.82) is 0 Å². The Balaban J connectivity index is 1.77. The van der Waals surface area contributed by atoms with Crippen LogP contribution in [0.4, 0.5) is 18.9 Å². The van der Waals surface area contributed by atoms with Gasteiger partial charge < -0.3 is 14.4 Å². The fraction of sp³-hybridized carbons (Fsp3) is 0.632. The van der Waals surface area contributed by atoms with Gasteiger partial charge in [0.1, 0.15) is 6.54 Å². The van der Waals surface area contributed by atoms with Crippen molar-refractivity contribution in [2.75, 3.05) is 39.5 Å². The van der Waals surface area contributed by atoms with Crippen molar-refractivity contribution in [2.45, 2.75) is 36.9 Å². The Morgan fingerprint density at radius 3 is 2.52 bits per heavy atom. The number of sulfonamides is 1. The highest BCUT2D eigenvalue weighted by Gasteiger charge is 2.40. The van der Waals surface area contributed by atoms with Crippen molar-refractivity contribution in [1.82, 2.24) is 9.21 Å². The first-order valence-corrected chi connectivity index (χ1v) is 11.7. The molecule has 0 aromatic heterocycles. The Hall–Kier alpha value is -2.45. The second kappa shape index (κ2) is 9.81. The van der Waals surface area contributed by atoms with Gasteiger partial charge in [0, 0.05) is 25.2 Å². The van der Waals surface area contributed by atoms with Crippen LogP contribution in [0.15, 0.2) is 23.1 Å². The van der Waals surface area contributed by atoms with E-state index in [2.05, 4.69) is 0 Å². The van der Waals surface area contributed by atoms with E-state index in [9.17, 15) is 36.5 Å². The third-order valence-electron chi connectivity index (χ3n) is 5.55. The summed E-state index contributed by atoms with van der Waals surface area (Å²) >= 11 is 0. The second-order valence-corrected chi connectivity index (χ2v) is 9.84. The van der Waals surface area contributed by atoms with E-state index < -0.39 is 57.7 Å². The molecule has 1 heterocycles. The Bertz CT molecular complexity index is 993. The number of amides is 1. The van der Waals surface area contributed by atoms with Gasteiger partial charge >= 0.3 is 11.9 Å². The maximum atomic E-state index is 13.0. The maximum Gasteiger partial charge on any atom is 0.406 e. The molecule has 1 atom stereocenters. The van der Waals surface area contributed by atoms with Gasteiger partial charge in [-0.25, -0.2) is 8.42 Å². The number of benzene rings is 1. The Kier molecular flexibility index (Phi) is 7.49. The molecular weight excluding hydrogens is 471 g/mol. The van der Waals surface area contributed by atoms with Gasteiger partial charge in [0.05, 0.1) is 23.0 Å². The number of nitro benzene ring substituents is 1. The van der Waals surface area contributed by atoms with Gasteiger partial charge in [-0.05, 0) is 37.8 Å². The lowest BCUT2D eigenvalue weighted by atomic mass is 10.2. The van der Waals surface area contributed by atoms with Crippen LogP contribution >= 0.6 is 0 Å². The molecule has 10 nitrogen and oxygen atoms in total. The van der Waals surface area contributed by atoms with Gasteiger partial charge in [-0.1, -0.05) is 0 Å². The molecule has 1 aliphatic heterocycles. The van der Waals surface area contributed by atoms with Crippen molar-refractivity contribution in [3.05, 3.63) is 28.3 Å². The van der Waals surface area contributed by atoms with E-state index in [1.165, 1.54) is 6.92 Å². The number of rotatable bonds is 9. The highest BCUT2D eigenvalue weighted by molar-refractivity contribution is 7.89. The normalized spacial score (nSPS) is 18.5. The topological polar surface area (TPSA) is 119 Å². The molecule has 1 saturated carbocycles. The molecule has 2 aliphatic rings. The Morgan fingerprint density at radius 2 is 1.97 bits per heavy atom. The van der Waals surface area contributed by atoms with Crippen LogP contribution in [0.25, 0.3) is 0 Å². The number of nitro groups is 1. The fourth-order valence-electron chi connectivity index (χ4n) is 3.57. The van der Waals surface area contributed by atoms with Gasteiger partial charge in [0.15, 0.2) is 12.4 Å². The zero-order valence-electron chi connectivity index (χ0n) is 17.8. The minimum atomic E-state index is -4.61. The summed E-state index contributed by atoms with van der Waals surface area (Å²) in [5.41, 5.74) is -0.713. The molecule has 14 heteroatoms. The molecule has 0 bridgehead atoms. The molecule has 1 aromatic carbocycles. The van der Waals surface area contributed by atoms with Gasteiger partial charge in [0.25, 0.3) is 5.91 Å². The first-order chi connectivity index (χ1) is 15.4. The fourth-order valence-corrected chi connectivity index (χ4v) is 4.99.